The number of rotatable bonds is 5. The van der Waals surface area contributed by atoms with Crippen LogP contribution < -0.4 is 0 Å². The van der Waals surface area contributed by atoms with Crippen LogP contribution in [0.1, 0.15) is 81.6 Å². The number of aliphatic hydroxyl groups excluding tert-OH is 2. The number of ketones is 3. The zero-order chi connectivity index (χ0) is 30.4. The highest BCUT2D eigenvalue weighted by atomic mass is 16.6. The molecule has 0 radical (unpaired) electrons. The maximum absolute atomic E-state index is 14.3. The van der Waals surface area contributed by atoms with Gasteiger partial charge in [0.05, 0.1) is 11.5 Å². The lowest BCUT2D eigenvalue weighted by molar-refractivity contribution is -0.179. The molecule has 0 saturated heterocycles. The highest BCUT2D eigenvalue weighted by Crippen LogP contribution is 2.73. The molecule has 8 heteroatoms. The van der Waals surface area contributed by atoms with E-state index in [0.717, 1.165) is 5.57 Å². The first-order chi connectivity index (χ1) is 18.1. The Bertz CT molecular complexity index is 1270. The lowest BCUT2D eigenvalue weighted by Gasteiger charge is -2.63. The second-order valence-corrected chi connectivity index (χ2v) is 14.4. The van der Waals surface area contributed by atoms with Gasteiger partial charge in [0.2, 0.25) is 5.78 Å². The molecule has 4 aliphatic rings. The van der Waals surface area contributed by atoms with Crippen LogP contribution in [0.15, 0.2) is 35.6 Å². The maximum atomic E-state index is 14.3. The van der Waals surface area contributed by atoms with Crippen LogP contribution in [0.5, 0.6) is 0 Å². The first-order valence-corrected chi connectivity index (χ1v) is 14.1. The van der Waals surface area contributed by atoms with E-state index < -0.39 is 62.6 Å². The van der Waals surface area contributed by atoms with Crippen molar-refractivity contribution in [3.8, 4) is 0 Å². The number of carbonyl (C=O) groups is 4. The Morgan fingerprint density at radius 2 is 1.68 bits per heavy atom. The average molecular weight is 557 g/mol. The van der Waals surface area contributed by atoms with Crippen LogP contribution in [0.2, 0.25) is 0 Å². The molecule has 4 aliphatic carbocycles. The normalized spacial score (nSPS) is 40.4. The van der Waals surface area contributed by atoms with Crippen molar-refractivity contribution < 1.29 is 39.2 Å². The molecule has 0 heterocycles. The van der Waals surface area contributed by atoms with Crippen LogP contribution in [-0.4, -0.2) is 55.9 Å². The predicted molar refractivity (Wildman–Crippen MR) is 148 cm³/mol. The molecule has 0 aromatic heterocycles. The third-order valence-corrected chi connectivity index (χ3v) is 11.2. The van der Waals surface area contributed by atoms with Crippen molar-refractivity contribution in [3.05, 3.63) is 35.6 Å². The van der Waals surface area contributed by atoms with E-state index in [2.05, 4.69) is 0 Å². The Morgan fingerprint density at radius 3 is 2.25 bits per heavy atom. The van der Waals surface area contributed by atoms with E-state index in [0.29, 0.717) is 6.42 Å². The van der Waals surface area contributed by atoms with E-state index in [1.807, 2.05) is 26.8 Å². The van der Waals surface area contributed by atoms with E-state index in [1.54, 1.807) is 27.7 Å². The minimum Gasteiger partial charge on any atom is -0.505 e. The summed E-state index contributed by atoms with van der Waals surface area (Å²) < 4.78 is 5.22. The zero-order valence-corrected chi connectivity index (χ0v) is 25.1. The van der Waals surface area contributed by atoms with Crippen molar-refractivity contribution in [1.29, 1.82) is 0 Å². The maximum Gasteiger partial charge on any atom is 0.303 e. The number of ether oxygens (including phenoxy) is 1. The Hall–Kier alpha value is -2.58. The van der Waals surface area contributed by atoms with Crippen molar-refractivity contribution in [1.82, 2.24) is 0 Å². The number of hydrogen-bond acceptors (Lipinski definition) is 8. The van der Waals surface area contributed by atoms with Gasteiger partial charge in [-0.05, 0) is 82.4 Å². The van der Waals surface area contributed by atoms with Crippen molar-refractivity contribution in [2.45, 2.75) is 98.9 Å². The van der Waals surface area contributed by atoms with Gasteiger partial charge in [0.1, 0.15) is 17.0 Å². The molecule has 8 nitrogen and oxygen atoms in total. The number of carbonyl (C=O) groups excluding carboxylic acids is 4. The topological polar surface area (TPSA) is 138 Å². The van der Waals surface area contributed by atoms with Gasteiger partial charge < -0.3 is 20.1 Å². The van der Waals surface area contributed by atoms with Crippen LogP contribution in [0.3, 0.4) is 0 Å². The van der Waals surface area contributed by atoms with E-state index >= 15 is 0 Å². The highest BCUT2D eigenvalue weighted by Gasteiger charge is 2.74. The summed E-state index contributed by atoms with van der Waals surface area (Å²) in [6.45, 7) is 15.3. The monoisotopic (exact) mass is 556 g/mol. The standard InChI is InChI=1S/C32H44O8/c1-17(33)40-27(2,3)13-12-23(36)32(9,39)25-21(35)15-29(6)22-11-10-18-19(14-20(34)26(38)28(18,4)5)31(22,8)24(37)16-30(25,29)7/h10,12-14,19,21-22,25,34-35,39H,11,15-16H2,1-9H3/b13-12+/t19-,21+,22+,25-,29-,30+,31-,32+/m0/s1. The number of allylic oxidation sites excluding steroid dienone is 4. The summed E-state index contributed by atoms with van der Waals surface area (Å²) in [6.07, 6.45) is 5.89. The summed E-state index contributed by atoms with van der Waals surface area (Å²) in [7, 11) is 0. The van der Waals surface area contributed by atoms with Gasteiger partial charge >= 0.3 is 5.97 Å². The minimum absolute atomic E-state index is 0.0249. The van der Waals surface area contributed by atoms with Gasteiger partial charge in [-0.1, -0.05) is 32.4 Å². The second kappa shape index (κ2) is 8.96. The summed E-state index contributed by atoms with van der Waals surface area (Å²) in [5, 5.41) is 33.8. The van der Waals surface area contributed by atoms with Gasteiger partial charge in [0.25, 0.3) is 0 Å². The fraction of sp³-hybridized carbons (Fsp3) is 0.688. The molecule has 40 heavy (non-hydrogen) atoms. The van der Waals surface area contributed by atoms with Crippen molar-refractivity contribution in [2.75, 3.05) is 0 Å². The molecule has 0 aromatic carbocycles. The van der Waals surface area contributed by atoms with Gasteiger partial charge in [-0.3, -0.25) is 19.2 Å². The van der Waals surface area contributed by atoms with E-state index in [1.165, 1.54) is 32.1 Å². The zero-order valence-electron chi connectivity index (χ0n) is 25.1. The van der Waals surface area contributed by atoms with Crippen LogP contribution in [0.4, 0.5) is 0 Å². The molecule has 0 spiro atoms. The predicted octanol–water partition coefficient (Wildman–Crippen LogP) is 4.19. The molecule has 0 unspecified atom stereocenters. The summed E-state index contributed by atoms with van der Waals surface area (Å²) in [5.74, 6) is -3.61. The number of fused-ring (bicyclic) bond motifs is 5. The Morgan fingerprint density at radius 1 is 1.07 bits per heavy atom. The SMILES string of the molecule is CC(=O)OC(C)(C)/C=C/C(=O)[C@@](C)(O)[C@H]1[C@H](O)C[C@@]2(C)[C@H]3CC=C4[C@H](C=C(O)C(=O)C4(C)C)[C@]3(C)C(=O)C[C@]12C. The molecule has 0 aliphatic heterocycles. The quantitative estimate of drug-likeness (QED) is 0.260. The smallest absolute Gasteiger partial charge is 0.303 e. The van der Waals surface area contributed by atoms with E-state index in [-0.39, 0.29) is 36.1 Å². The molecule has 0 bridgehead atoms. The van der Waals surface area contributed by atoms with Crippen LogP contribution in [-0.2, 0) is 23.9 Å². The van der Waals surface area contributed by atoms with Gasteiger partial charge in [0, 0.05) is 30.6 Å². The lowest BCUT2D eigenvalue weighted by atomic mass is 9.39. The van der Waals surface area contributed by atoms with Crippen LogP contribution in [0.25, 0.3) is 0 Å². The highest BCUT2D eigenvalue weighted by molar-refractivity contribution is 6.02. The number of esters is 1. The Kier molecular flexibility index (Phi) is 6.80. The van der Waals surface area contributed by atoms with Crippen LogP contribution >= 0.6 is 0 Å². The molecule has 0 amide bonds. The molecule has 4 rings (SSSR count). The van der Waals surface area contributed by atoms with Gasteiger partial charge in [-0.25, -0.2) is 0 Å². The first kappa shape index (κ1) is 30.4. The van der Waals surface area contributed by atoms with Gasteiger partial charge in [-0.15, -0.1) is 0 Å². The largest absolute Gasteiger partial charge is 0.505 e. The molecule has 8 atom stereocenters. The summed E-state index contributed by atoms with van der Waals surface area (Å²) in [6, 6.07) is 0. The molecule has 220 valence electrons. The summed E-state index contributed by atoms with van der Waals surface area (Å²) >= 11 is 0. The molecular formula is C32H44O8. The fourth-order valence-corrected chi connectivity index (χ4v) is 8.98. The molecular weight excluding hydrogens is 512 g/mol. The van der Waals surface area contributed by atoms with Crippen molar-refractivity contribution >= 4 is 23.3 Å². The minimum atomic E-state index is -2.00. The fourth-order valence-electron chi connectivity index (χ4n) is 8.98. The Labute approximate surface area is 236 Å². The number of Topliss-reactive ketones (excluding diaryl/α,β-unsaturated/α-hetero) is 2. The van der Waals surface area contributed by atoms with Crippen molar-refractivity contribution in [3.63, 3.8) is 0 Å². The number of aliphatic hydroxyl groups is 3. The first-order valence-electron chi connectivity index (χ1n) is 14.1. The molecule has 2 fully saturated rings. The second-order valence-electron chi connectivity index (χ2n) is 14.4. The molecule has 0 aromatic rings. The summed E-state index contributed by atoms with van der Waals surface area (Å²) in [4.78, 5) is 52.0. The van der Waals surface area contributed by atoms with Gasteiger partial charge in [-0.2, -0.15) is 0 Å². The van der Waals surface area contributed by atoms with E-state index in [4.69, 9.17) is 4.74 Å². The van der Waals surface area contributed by atoms with Crippen LogP contribution in [0, 0.1) is 39.4 Å². The van der Waals surface area contributed by atoms with E-state index in [9.17, 15) is 34.5 Å². The lowest BCUT2D eigenvalue weighted by Crippen LogP contribution is -2.64. The molecule has 3 N–H and O–H groups in total. The third kappa shape index (κ3) is 4.00. The van der Waals surface area contributed by atoms with Gasteiger partial charge in [0.15, 0.2) is 11.5 Å². The third-order valence-electron chi connectivity index (χ3n) is 11.2. The average Bonchev–Trinajstić information content (AvgIpc) is 3.01. The molecule has 2 saturated carbocycles. The summed E-state index contributed by atoms with van der Waals surface area (Å²) in [5.41, 5.74) is -5.72. The van der Waals surface area contributed by atoms with Crippen molar-refractivity contribution in [2.24, 2.45) is 39.4 Å². The Balaban J connectivity index is 1.76. The number of hydrogen-bond donors (Lipinski definition) is 3.